The Balaban J connectivity index is 3.72. The summed E-state index contributed by atoms with van der Waals surface area (Å²) in [6.07, 6.45) is 0. The van der Waals surface area contributed by atoms with E-state index >= 15 is 0 Å². The van der Waals surface area contributed by atoms with Crippen molar-refractivity contribution in [2.24, 2.45) is 17.5 Å². The zero-order valence-corrected chi connectivity index (χ0v) is 6.02. The molecule has 0 aliphatic heterocycles. The molecule has 5 N–H and O–H groups in total. The fourth-order valence-corrected chi connectivity index (χ4v) is 0.499. The Morgan fingerprint density at radius 1 is 1.56 bits per heavy atom. The average Bonchev–Trinajstić information content (AvgIpc) is 1.84. The number of hydrazine groups is 1. The van der Waals surface area contributed by atoms with Crippen LogP contribution in [0.15, 0.2) is 12.3 Å². The van der Waals surface area contributed by atoms with Gasteiger partial charge in [0.25, 0.3) is 0 Å². The van der Waals surface area contributed by atoms with Crippen molar-refractivity contribution >= 4 is 0 Å². The third-order valence-corrected chi connectivity index (χ3v) is 1.31. The molecule has 0 amide bonds. The van der Waals surface area contributed by atoms with E-state index in [9.17, 15) is 0 Å². The number of hydrogen-bond donors (Lipinski definition) is 3. The Kier molecular flexibility index (Phi) is 3.27. The van der Waals surface area contributed by atoms with Gasteiger partial charge in [0.2, 0.25) is 0 Å². The maximum atomic E-state index is 5.63. The van der Waals surface area contributed by atoms with Crippen LogP contribution in [-0.4, -0.2) is 6.04 Å². The minimum absolute atomic E-state index is 0.0463. The van der Waals surface area contributed by atoms with Gasteiger partial charge in [0.15, 0.2) is 0 Å². The third-order valence-electron chi connectivity index (χ3n) is 1.31. The summed E-state index contributed by atoms with van der Waals surface area (Å²) in [6.45, 7) is 7.68. The van der Waals surface area contributed by atoms with Gasteiger partial charge in [0.1, 0.15) is 0 Å². The monoisotopic (exact) mass is 129 g/mol. The van der Waals surface area contributed by atoms with Crippen molar-refractivity contribution in [3.63, 3.8) is 0 Å². The summed E-state index contributed by atoms with van der Waals surface area (Å²) in [5.74, 6) is 5.46. The molecule has 9 heavy (non-hydrogen) atoms. The zero-order chi connectivity index (χ0) is 7.44. The molecule has 3 nitrogen and oxygen atoms in total. The van der Waals surface area contributed by atoms with Crippen LogP contribution in [0, 0.1) is 5.92 Å². The lowest BCUT2D eigenvalue weighted by Crippen LogP contribution is -2.37. The summed E-state index contributed by atoms with van der Waals surface area (Å²) in [6, 6.07) is -0.0463. The van der Waals surface area contributed by atoms with Crippen molar-refractivity contribution in [3.8, 4) is 0 Å². The van der Waals surface area contributed by atoms with Crippen LogP contribution in [0.4, 0.5) is 0 Å². The second-order valence-corrected chi connectivity index (χ2v) is 2.44. The van der Waals surface area contributed by atoms with Gasteiger partial charge in [-0.3, -0.25) is 5.84 Å². The second-order valence-electron chi connectivity index (χ2n) is 2.44. The minimum Gasteiger partial charge on any atom is -0.327 e. The zero-order valence-electron chi connectivity index (χ0n) is 6.02. The molecule has 0 bridgehead atoms. The van der Waals surface area contributed by atoms with Gasteiger partial charge in [0, 0.05) is 11.7 Å². The standard InChI is InChI=1S/C6H15N3/c1-4(2)6(7)5(3)9-8/h4,6,9H,3,7-8H2,1-2H3. The largest absolute Gasteiger partial charge is 0.327 e. The van der Waals surface area contributed by atoms with E-state index in [1.54, 1.807) is 0 Å². The predicted octanol–water partition coefficient (Wildman–Crippen LogP) is -0.0533. The molecule has 0 fully saturated rings. The van der Waals surface area contributed by atoms with Crippen molar-refractivity contribution in [2.75, 3.05) is 0 Å². The van der Waals surface area contributed by atoms with Crippen molar-refractivity contribution in [2.45, 2.75) is 19.9 Å². The number of hydrogen-bond acceptors (Lipinski definition) is 3. The van der Waals surface area contributed by atoms with Gasteiger partial charge in [-0.25, -0.2) is 0 Å². The number of rotatable bonds is 3. The van der Waals surface area contributed by atoms with Crippen molar-refractivity contribution in [1.82, 2.24) is 5.43 Å². The molecule has 0 heterocycles. The lowest BCUT2D eigenvalue weighted by atomic mass is 10.0. The molecule has 0 saturated carbocycles. The van der Waals surface area contributed by atoms with E-state index in [0.717, 1.165) is 0 Å². The van der Waals surface area contributed by atoms with E-state index in [2.05, 4.69) is 12.0 Å². The normalized spacial score (nSPS) is 13.4. The number of nitrogens with two attached hydrogens (primary N) is 2. The van der Waals surface area contributed by atoms with Crippen LogP contribution in [0.1, 0.15) is 13.8 Å². The first kappa shape index (κ1) is 8.46. The summed E-state index contributed by atoms with van der Waals surface area (Å²) >= 11 is 0. The molecule has 0 spiro atoms. The fourth-order valence-electron chi connectivity index (χ4n) is 0.499. The van der Waals surface area contributed by atoms with Gasteiger partial charge in [0.05, 0.1) is 0 Å². The van der Waals surface area contributed by atoms with Crippen LogP contribution in [0.5, 0.6) is 0 Å². The van der Waals surface area contributed by atoms with E-state index in [1.165, 1.54) is 0 Å². The van der Waals surface area contributed by atoms with Crippen LogP contribution in [0.25, 0.3) is 0 Å². The number of nitrogens with one attached hydrogen (secondary N) is 1. The van der Waals surface area contributed by atoms with Gasteiger partial charge in [-0.2, -0.15) is 0 Å². The van der Waals surface area contributed by atoms with Gasteiger partial charge in [-0.15, -0.1) is 0 Å². The molecule has 0 aliphatic carbocycles. The molecule has 0 aromatic rings. The Labute approximate surface area is 56.1 Å². The van der Waals surface area contributed by atoms with Gasteiger partial charge in [-0.05, 0) is 5.92 Å². The molecular formula is C6H15N3. The van der Waals surface area contributed by atoms with E-state index in [4.69, 9.17) is 11.6 Å². The summed E-state index contributed by atoms with van der Waals surface area (Å²) in [5, 5.41) is 0. The molecule has 0 aromatic carbocycles. The maximum absolute atomic E-state index is 5.63. The quantitative estimate of drug-likeness (QED) is 0.369. The minimum atomic E-state index is -0.0463. The summed E-state index contributed by atoms with van der Waals surface area (Å²) in [4.78, 5) is 0. The highest BCUT2D eigenvalue weighted by Crippen LogP contribution is 2.02. The Bertz CT molecular complexity index is 98.5. The Morgan fingerprint density at radius 3 is 2.11 bits per heavy atom. The van der Waals surface area contributed by atoms with Crippen molar-refractivity contribution < 1.29 is 0 Å². The van der Waals surface area contributed by atoms with Crippen LogP contribution in [-0.2, 0) is 0 Å². The molecule has 0 aromatic heterocycles. The fraction of sp³-hybridized carbons (Fsp3) is 0.667. The first-order valence-corrected chi connectivity index (χ1v) is 3.00. The van der Waals surface area contributed by atoms with E-state index in [0.29, 0.717) is 11.6 Å². The maximum Gasteiger partial charge on any atom is 0.0475 e. The van der Waals surface area contributed by atoms with Crippen molar-refractivity contribution in [3.05, 3.63) is 12.3 Å². The molecular weight excluding hydrogens is 114 g/mol. The third kappa shape index (κ3) is 2.49. The summed E-state index contributed by atoms with van der Waals surface area (Å²) < 4.78 is 0. The first-order chi connectivity index (χ1) is 4.09. The first-order valence-electron chi connectivity index (χ1n) is 3.00. The summed E-state index contributed by atoms with van der Waals surface area (Å²) in [7, 11) is 0. The highest BCUT2D eigenvalue weighted by molar-refractivity contribution is 5.00. The summed E-state index contributed by atoms with van der Waals surface area (Å²) in [5.41, 5.74) is 8.74. The molecule has 0 rings (SSSR count). The van der Waals surface area contributed by atoms with Gasteiger partial charge in [-0.1, -0.05) is 20.4 Å². The van der Waals surface area contributed by atoms with E-state index in [-0.39, 0.29) is 6.04 Å². The molecule has 3 heteroatoms. The SMILES string of the molecule is C=C(NN)C(N)C(C)C. The highest BCUT2D eigenvalue weighted by atomic mass is 15.2. The predicted molar refractivity (Wildman–Crippen MR) is 39.3 cm³/mol. The van der Waals surface area contributed by atoms with Crippen molar-refractivity contribution in [1.29, 1.82) is 0 Å². The van der Waals surface area contributed by atoms with E-state index < -0.39 is 0 Å². The highest BCUT2D eigenvalue weighted by Gasteiger charge is 2.08. The van der Waals surface area contributed by atoms with Crippen LogP contribution >= 0.6 is 0 Å². The van der Waals surface area contributed by atoms with Crippen LogP contribution in [0.3, 0.4) is 0 Å². The lowest BCUT2D eigenvalue weighted by molar-refractivity contribution is 0.522. The molecule has 0 aliphatic rings. The van der Waals surface area contributed by atoms with Crippen LogP contribution < -0.4 is 17.0 Å². The molecule has 0 radical (unpaired) electrons. The lowest BCUT2D eigenvalue weighted by Gasteiger charge is -2.17. The molecule has 54 valence electrons. The Morgan fingerprint density at radius 2 is 2.00 bits per heavy atom. The van der Waals surface area contributed by atoms with Gasteiger partial charge < -0.3 is 11.2 Å². The smallest absolute Gasteiger partial charge is 0.0475 e. The topological polar surface area (TPSA) is 64.1 Å². The van der Waals surface area contributed by atoms with E-state index in [1.807, 2.05) is 13.8 Å². The van der Waals surface area contributed by atoms with Gasteiger partial charge >= 0.3 is 0 Å². The average molecular weight is 129 g/mol. The van der Waals surface area contributed by atoms with Crippen LogP contribution in [0.2, 0.25) is 0 Å². The molecule has 1 unspecified atom stereocenters. The Hall–Kier alpha value is -0.540. The second kappa shape index (κ2) is 3.48. The molecule has 1 atom stereocenters. The molecule has 0 saturated heterocycles.